The van der Waals surface area contributed by atoms with E-state index < -0.39 is 11.7 Å². The number of aliphatic hydroxyl groups is 1. The Morgan fingerprint density at radius 3 is 2.36 bits per heavy atom. The molecule has 0 heterocycles. The second-order valence-corrected chi connectivity index (χ2v) is 5.22. The fourth-order valence-electron chi connectivity index (χ4n) is 2.14. The summed E-state index contributed by atoms with van der Waals surface area (Å²) in [5.41, 5.74) is 0.291. The van der Waals surface area contributed by atoms with Gasteiger partial charge in [-0.3, -0.25) is 0 Å². The van der Waals surface area contributed by atoms with Crippen molar-refractivity contribution in [2.45, 2.75) is 18.6 Å². The lowest BCUT2D eigenvalue weighted by atomic mass is 10.0. The monoisotopic (exact) mass is 329 g/mol. The first-order valence-corrected chi connectivity index (χ1v) is 7.08. The Morgan fingerprint density at radius 2 is 1.77 bits per heavy atom. The molecule has 0 bridgehead atoms. The Hall–Kier alpha value is -1.72. The molecule has 0 radical (unpaired) electrons. The topological polar surface area (TPSA) is 32.3 Å². The quantitative estimate of drug-likeness (QED) is 0.818. The summed E-state index contributed by atoms with van der Waals surface area (Å²) < 4.78 is 38.4. The van der Waals surface area contributed by atoms with Crippen LogP contribution in [-0.4, -0.2) is 11.7 Å². The number of halogens is 4. The van der Waals surface area contributed by atoms with Crippen LogP contribution in [0.2, 0.25) is 5.02 Å². The molecular formula is C16H15ClF3NO. The van der Waals surface area contributed by atoms with Gasteiger partial charge in [-0.25, -0.2) is 0 Å². The molecule has 2 aromatic rings. The fraction of sp³-hybridized carbons (Fsp3) is 0.250. The Balaban J connectivity index is 2.30. The third-order valence-electron chi connectivity index (χ3n) is 3.24. The van der Waals surface area contributed by atoms with Gasteiger partial charge in [-0.05, 0) is 30.2 Å². The SMILES string of the molecule is OCCC(Nc1cc(C(F)(F)F)ccc1Cl)c1ccccc1. The summed E-state index contributed by atoms with van der Waals surface area (Å²) in [5.74, 6) is 0. The highest BCUT2D eigenvalue weighted by Crippen LogP contribution is 2.35. The number of rotatable bonds is 5. The fourth-order valence-corrected chi connectivity index (χ4v) is 2.31. The minimum Gasteiger partial charge on any atom is -0.396 e. The van der Waals surface area contributed by atoms with Crippen LogP contribution in [0.15, 0.2) is 48.5 Å². The molecule has 2 aromatic carbocycles. The van der Waals surface area contributed by atoms with Crippen LogP contribution >= 0.6 is 11.6 Å². The summed E-state index contributed by atoms with van der Waals surface area (Å²) >= 11 is 5.99. The Bertz CT molecular complexity index is 617. The molecule has 0 fully saturated rings. The third-order valence-corrected chi connectivity index (χ3v) is 3.57. The maximum absolute atomic E-state index is 12.8. The molecule has 2 rings (SSSR count). The normalized spacial score (nSPS) is 13.0. The van der Waals surface area contributed by atoms with Crippen LogP contribution in [0.1, 0.15) is 23.6 Å². The molecule has 6 heteroatoms. The molecule has 0 spiro atoms. The molecule has 0 aliphatic carbocycles. The van der Waals surface area contributed by atoms with Crippen molar-refractivity contribution in [3.63, 3.8) is 0 Å². The zero-order chi connectivity index (χ0) is 16.2. The van der Waals surface area contributed by atoms with Gasteiger partial charge in [0.2, 0.25) is 0 Å². The van der Waals surface area contributed by atoms with Crippen molar-refractivity contribution in [3.05, 3.63) is 64.7 Å². The van der Waals surface area contributed by atoms with Crippen LogP contribution in [0.3, 0.4) is 0 Å². The average molecular weight is 330 g/mol. The highest BCUT2D eigenvalue weighted by atomic mass is 35.5. The standard InChI is InChI=1S/C16H15ClF3NO/c17-13-7-6-12(16(18,19)20)10-15(13)21-14(8-9-22)11-4-2-1-3-5-11/h1-7,10,14,21-22H,8-9H2. The molecule has 0 aromatic heterocycles. The summed E-state index contributed by atoms with van der Waals surface area (Å²) in [6, 6.07) is 12.0. The van der Waals surface area contributed by atoms with E-state index in [1.807, 2.05) is 30.3 Å². The van der Waals surface area contributed by atoms with Crippen molar-refractivity contribution in [1.29, 1.82) is 0 Å². The number of anilines is 1. The predicted octanol–water partition coefficient (Wildman–Crippen LogP) is 4.89. The van der Waals surface area contributed by atoms with Gasteiger partial charge < -0.3 is 10.4 Å². The van der Waals surface area contributed by atoms with Crippen LogP contribution < -0.4 is 5.32 Å². The van der Waals surface area contributed by atoms with Crippen molar-refractivity contribution < 1.29 is 18.3 Å². The average Bonchev–Trinajstić information content (AvgIpc) is 2.48. The first-order valence-electron chi connectivity index (χ1n) is 6.71. The summed E-state index contributed by atoms with van der Waals surface area (Å²) in [6.07, 6.45) is -4.07. The minimum absolute atomic E-state index is 0.0941. The van der Waals surface area contributed by atoms with Crippen LogP contribution in [0.4, 0.5) is 18.9 Å². The van der Waals surface area contributed by atoms with E-state index in [-0.39, 0.29) is 23.4 Å². The van der Waals surface area contributed by atoms with Crippen LogP contribution in [0.5, 0.6) is 0 Å². The van der Waals surface area contributed by atoms with E-state index in [1.54, 1.807) is 0 Å². The zero-order valence-corrected chi connectivity index (χ0v) is 12.3. The van der Waals surface area contributed by atoms with Gasteiger partial charge in [-0.2, -0.15) is 13.2 Å². The summed E-state index contributed by atoms with van der Waals surface area (Å²) in [4.78, 5) is 0. The molecule has 0 saturated heterocycles. The molecule has 0 saturated carbocycles. The maximum atomic E-state index is 12.8. The third kappa shape index (κ3) is 4.15. The molecule has 2 N–H and O–H groups in total. The predicted molar refractivity (Wildman–Crippen MR) is 81.0 cm³/mol. The van der Waals surface area contributed by atoms with Gasteiger partial charge in [0.15, 0.2) is 0 Å². The number of alkyl halides is 3. The number of nitrogens with one attached hydrogen (secondary N) is 1. The second-order valence-electron chi connectivity index (χ2n) is 4.81. The summed E-state index contributed by atoms with van der Waals surface area (Å²) in [5, 5.41) is 12.4. The lowest BCUT2D eigenvalue weighted by Crippen LogP contribution is -2.14. The number of aliphatic hydroxyl groups excluding tert-OH is 1. The van der Waals surface area contributed by atoms with Gasteiger partial charge in [0.05, 0.1) is 22.3 Å². The smallest absolute Gasteiger partial charge is 0.396 e. The molecule has 0 amide bonds. The lowest BCUT2D eigenvalue weighted by Gasteiger charge is -2.21. The van der Waals surface area contributed by atoms with E-state index in [0.29, 0.717) is 6.42 Å². The van der Waals surface area contributed by atoms with E-state index in [0.717, 1.165) is 17.7 Å². The summed E-state index contributed by atoms with van der Waals surface area (Å²) in [7, 11) is 0. The lowest BCUT2D eigenvalue weighted by molar-refractivity contribution is -0.137. The molecule has 0 aliphatic rings. The molecule has 22 heavy (non-hydrogen) atoms. The molecule has 118 valence electrons. The molecule has 1 unspecified atom stereocenters. The van der Waals surface area contributed by atoms with Gasteiger partial charge in [0, 0.05) is 6.61 Å². The Morgan fingerprint density at radius 1 is 1.09 bits per heavy atom. The van der Waals surface area contributed by atoms with Gasteiger partial charge in [-0.15, -0.1) is 0 Å². The van der Waals surface area contributed by atoms with Crippen LogP contribution in [0, 0.1) is 0 Å². The maximum Gasteiger partial charge on any atom is 0.416 e. The largest absolute Gasteiger partial charge is 0.416 e. The first-order chi connectivity index (χ1) is 10.4. The van der Waals surface area contributed by atoms with Gasteiger partial charge in [0.25, 0.3) is 0 Å². The molecular weight excluding hydrogens is 315 g/mol. The van der Waals surface area contributed by atoms with Gasteiger partial charge >= 0.3 is 6.18 Å². The van der Waals surface area contributed by atoms with Crippen molar-refractivity contribution >= 4 is 17.3 Å². The summed E-state index contributed by atoms with van der Waals surface area (Å²) in [6.45, 7) is -0.0941. The Kier molecular flexibility index (Phi) is 5.32. The minimum atomic E-state index is -4.43. The van der Waals surface area contributed by atoms with E-state index in [4.69, 9.17) is 11.6 Å². The van der Waals surface area contributed by atoms with E-state index in [2.05, 4.69) is 5.32 Å². The second kappa shape index (κ2) is 7.03. The molecule has 1 atom stereocenters. The van der Waals surface area contributed by atoms with Gasteiger partial charge in [0.1, 0.15) is 0 Å². The zero-order valence-electron chi connectivity index (χ0n) is 11.6. The molecule has 0 aliphatic heterocycles. The highest BCUT2D eigenvalue weighted by molar-refractivity contribution is 6.33. The van der Waals surface area contributed by atoms with Crippen molar-refractivity contribution in [2.24, 2.45) is 0 Å². The van der Waals surface area contributed by atoms with Gasteiger partial charge in [-0.1, -0.05) is 41.9 Å². The number of hydrogen-bond donors (Lipinski definition) is 2. The van der Waals surface area contributed by atoms with Crippen LogP contribution in [0.25, 0.3) is 0 Å². The van der Waals surface area contributed by atoms with E-state index in [9.17, 15) is 18.3 Å². The number of hydrogen-bond acceptors (Lipinski definition) is 2. The van der Waals surface area contributed by atoms with E-state index in [1.165, 1.54) is 6.07 Å². The highest BCUT2D eigenvalue weighted by Gasteiger charge is 2.31. The Labute approximate surface area is 131 Å². The van der Waals surface area contributed by atoms with Crippen molar-refractivity contribution in [3.8, 4) is 0 Å². The molecule has 2 nitrogen and oxygen atoms in total. The number of benzene rings is 2. The first kappa shape index (κ1) is 16.6. The van der Waals surface area contributed by atoms with Crippen LogP contribution in [-0.2, 0) is 6.18 Å². The van der Waals surface area contributed by atoms with Crippen molar-refractivity contribution in [2.75, 3.05) is 11.9 Å². The van der Waals surface area contributed by atoms with Crippen molar-refractivity contribution in [1.82, 2.24) is 0 Å². The van der Waals surface area contributed by atoms with E-state index >= 15 is 0 Å².